The maximum Gasteiger partial charge on any atom is 0.0916 e. The predicted octanol–water partition coefficient (Wildman–Crippen LogP) is 2.78. The fraction of sp³-hybridized carbons (Fsp3) is 0.750. The molecule has 1 saturated carbocycles. The molecule has 0 saturated heterocycles. The Kier molecular flexibility index (Phi) is 2.83. The molecule has 0 unspecified atom stereocenters. The lowest BCUT2D eigenvalue weighted by molar-refractivity contribution is -0.0106. The molecule has 0 aliphatic heterocycles. The van der Waals surface area contributed by atoms with Gasteiger partial charge in [-0.2, -0.15) is 5.10 Å². The first-order valence-corrected chi connectivity index (χ1v) is 5.72. The van der Waals surface area contributed by atoms with Crippen LogP contribution in [-0.4, -0.2) is 16.3 Å². The van der Waals surface area contributed by atoms with Crippen molar-refractivity contribution in [3.63, 3.8) is 0 Å². The summed E-state index contributed by atoms with van der Waals surface area (Å²) in [6, 6.07) is 0. The van der Waals surface area contributed by atoms with Crippen LogP contribution in [0, 0.1) is 0 Å². The van der Waals surface area contributed by atoms with Crippen LogP contribution in [0.2, 0.25) is 0 Å². The van der Waals surface area contributed by atoms with Gasteiger partial charge in [-0.1, -0.05) is 20.8 Å². The van der Waals surface area contributed by atoms with Gasteiger partial charge in [0, 0.05) is 11.8 Å². The van der Waals surface area contributed by atoms with Gasteiger partial charge in [0.05, 0.1) is 18.4 Å². The Morgan fingerprint density at radius 2 is 2.20 bits per heavy atom. The van der Waals surface area contributed by atoms with Crippen molar-refractivity contribution in [2.75, 3.05) is 0 Å². The second kappa shape index (κ2) is 3.97. The van der Waals surface area contributed by atoms with E-state index in [0.717, 1.165) is 5.69 Å². The minimum absolute atomic E-state index is 0.144. The number of hydrogen-bond acceptors (Lipinski definition) is 2. The highest BCUT2D eigenvalue weighted by atomic mass is 16.5. The molecule has 0 aromatic carbocycles. The summed E-state index contributed by atoms with van der Waals surface area (Å²) in [6.07, 6.45) is 6.22. The van der Waals surface area contributed by atoms with E-state index in [0.29, 0.717) is 12.7 Å². The minimum Gasteiger partial charge on any atom is -0.372 e. The topological polar surface area (TPSA) is 37.9 Å². The fourth-order valence-corrected chi connectivity index (χ4v) is 1.81. The van der Waals surface area contributed by atoms with Crippen molar-refractivity contribution in [3.05, 3.63) is 17.5 Å². The molecule has 0 bridgehead atoms. The first-order valence-electron chi connectivity index (χ1n) is 5.72. The van der Waals surface area contributed by atoms with E-state index in [2.05, 4.69) is 31.0 Å². The Labute approximate surface area is 91.2 Å². The van der Waals surface area contributed by atoms with Crippen molar-refractivity contribution < 1.29 is 4.74 Å². The van der Waals surface area contributed by atoms with Crippen molar-refractivity contribution >= 4 is 0 Å². The molecule has 0 radical (unpaired) electrons. The SMILES string of the molecule is CC(C)(C)c1c[nH]nc1COC1CCC1. The standard InChI is InChI=1S/C12H20N2O/c1-12(2,3)10-7-13-14-11(10)8-15-9-5-4-6-9/h7,9H,4-6,8H2,1-3H3,(H,13,14). The second-order valence-electron chi connectivity index (χ2n) is 5.36. The van der Waals surface area contributed by atoms with Crippen LogP contribution in [0.1, 0.15) is 51.3 Å². The third kappa shape index (κ3) is 2.40. The van der Waals surface area contributed by atoms with Crippen LogP contribution in [0.25, 0.3) is 0 Å². The van der Waals surface area contributed by atoms with E-state index in [-0.39, 0.29) is 5.41 Å². The number of aromatic nitrogens is 2. The van der Waals surface area contributed by atoms with Gasteiger partial charge in [0.15, 0.2) is 0 Å². The van der Waals surface area contributed by atoms with Crippen molar-refractivity contribution in [2.45, 2.75) is 58.2 Å². The maximum atomic E-state index is 5.78. The van der Waals surface area contributed by atoms with Crippen LogP contribution in [0.15, 0.2) is 6.20 Å². The molecule has 1 aliphatic carbocycles. The molecule has 3 nitrogen and oxygen atoms in total. The molecule has 1 aromatic heterocycles. The normalized spacial score (nSPS) is 17.8. The second-order valence-corrected chi connectivity index (χ2v) is 5.36. The van der Waals surface area contributed by atoms with Crippen LogP contribution in [0.4, 0.5) is 0 Å². The molecule has 1 aliphatic rings. The van der Waals surface area contributed by atoms with E-state index < -0.39 is 0 Å². The molecule has 1 N–H and O–H groups in total. The fourth-order valence-electron chi connectivity index (χ4n) is 1.81. The Balaban J connectivity index is 1.98. The number of nitrogens with one attached hydrogen (secondary N) is 1. The van der Waals surface area contributed by atoms with Crippen LogP contribution in [0.5, 0.6) is 0 Å². The summed E-state index contributed by atoms with van der Waals surface area (Å²) in [5.41, 5.74) is 2.47. The lowest BCUT2D eigenvalue weighted by Gasteiger charge is -2.26. The first kappa shape index (κ1) is 10.7. The molecular formula is C12H20N2O. The van der Waals surface area contributed by atoms with E-state index in [1.165, 1.54) is 24.8 Å². The van der Waals surface area contributed by atoms with E-state index in [4.69, 9.17) is 4.74 Å². The largest absolute Gasteiger partial charge is 0.372 e. The molecule has 1 fully saturated rings. The lowest BCUT2D eigenvalue weighted by Crippen LogP contribution is -2.22. The molecule has 0 atom stereocenters. The van der Waals surface area contributed by atoms with Gasteiger partial charge in [0.25, 0.3) is 0 Å². The predicted molar refractivity (Wildman–Crippen MR) is 59.7 cm³/mol. The highest BCUT2D eigenvalue weighted by Crippen LogP contribution is 2.27. The van der Waals surface area contributed by atoms with E-state index in [9.17, 15) is 0 Å². The van der Waals surface area contributed by atoms with Crippen LogP contribution in [0.3, 0.4) is 0 Å². The monoisotopic (exact) mass is 208 g/mol. The third-order valence-corrected chi connectivity index (χ3v) is 3.04. The number of H-pyrrole nitrogens is 1. The molecule has 1 aromatic rings. The van der Waals surface area contributed by atoms with Gasteiger partial charge in [-0.15, -0.1) is 0 Å². The van der Waals surface area contributed by atoms with Crippen LogP contribution in [-0.2, 0) is 16.8 Å². The summed E-state index contributed by atoms with van der Waals surface area (Å²) in [6.45, 7) is 7.25. The Hall–Kier alpha value is -0.830. The van der Waals surface area contributed by atoms with Gasteiger partial charge in [-0.3, -0.25) is 5.10 Å². The molecule has 1 heterocycles. The molecule has 15 heavy (non-hydrogen) atoms. The lowest BCUT2D eigenvalue weighted by atomic mass is 9.87. The van der Waals surface area contributed by atoms with Gasteiger partial charge >= 0.3 is 0 Å². The number of rotatable bonds is 3. The van der Waals surface area contributed by atoms with Gasteiger partial charge in [-0.05, 0) is 24.7 Å². The van der Waals surface area contributed by atoms with Crippen molar-refractivity contribution in [1.29, 1.82) is 0 Å². The van der Waals surface area contributed by atoms with Crippen LogP contribution < -0.4 is 0 Å². The number of ether oxygens (including phenoxy) is 1. The van der Waals surface area contributed by atoms with Crippen molar-refractivity contribution in [2.24, 2.45) is 0 Å². The quantitative estimate of drug-likeness (QED) is 0.829. The summed E-state index contributed by atoms with van der Waals surface area (Å²) >= 11 is 0. The van der Waals surface area contributed by atoms with Crippen molar-refractivity contribution in [3.8, 4) is 0 Å². The van der Waals surface area contributed by atoms with Crippen molar-refractivity contribution in [1.82, 2.24) is 10.2 Å². The zero-order chi connectivity index (χ0) is 10.9. The Morgan fingerprint density at radius 3 is 2.73 bits per heavy atom. The summed E-state index contributed by atoms with van der Waals surface area (Å²) in [5.74, 6) is 0. The average Bonchev–Trinajstić information content (AvgIpc) is 2.48. The van der Waals surface area contributed by atoms with Gasteiger partial charge < -0.3 is 4.74 Å². The minimum atomic E-state index is 0.144. The summed E-state index contributed by atoms with van der Waals surface area (Å²) in [5, 5.41) is 7.20. The molecule has 0 spiro atoms. The third-order valence-electron chi connectivity index (χ3n) is 3.04. The molecule has 3 heteroatoms. The highest BCUT2D eigenvalue weighted by molar-refractivity contribution is 5.23. The number of aromatic amines is 1. The molecule has 84 valence electrons. The van der Waals surface area contributed by atoms with E-state index in [1.807, 2.05) is 6.20 Å². The van der Waals surface area contributed by atoms with E-state index in [1.54, 1.807) is 0 Å². The van der Waals surface area contributed by atoms with Gasteiger partial charge in [0.2, 0.25) is 0 Å². The average molecular weight is 208 g/mol. The zero-order valence-corrected chi connectivity index (χ0v) is 9.84. The maximum absolute atomic E-state index is 5.78. The van der Waals surface area contributed by atoms with Crippen LogP contribution >= 0.6 is 0 Å². The summed E-state index contributed by atoms with van der Waals surface area (Å²) < 4.78 is 5.78. The van der Waals surface area contributed by atoms with Gasteiger partial charge in [0.1, 0.15) is 0 Å². The Bertz CT molecular complexity index is 321. The highest BCUT2D eigenvalue weighted by Gasteiger charge is 2.22. The molecule has 0 amide bonds. The summed E-state index contributed by atoms with van der Waals surface area (Å²) in [7, 11) is 0. The Morgan fingerprint density at radius 1 is 1.47 bits per heavy atom. The molecular weight excluding hydrogens is 188 g/mol. The first-order chi connectivity index (χ1) is 7.07. The number of hydrogen-bond donors (Lipinski definition) is 1. The zero-order valence-electron chi connectivity index (χ0n) is 9.84. The van der Waals surface area contributed by atoms with Gasteiger partial charge in [-0.25, -0.2) is 0 Å². The smallest absolute Gasteiger partial charge is 0.0916 e. The summed E-state index contributed by atoms with van der Waals surface area (Å²) in [4.78, 5) is 0. The molecule has 2 rings (SSSR count). The van der Waals surface area contributed by atoms with E-state index >= 15 is 0 Å². The number of nitrogens with zero attached hydrogens (tertiary/aromatic N) is 1.